The number of hydrogen-bond donors (Lipinski definition) is 1. The molecule has 2 aromatic rings. The molecule has 2 N–H and O–H groups in total. The van der Waals surface area contributed by atoms with Crippen molar-refractivity contribution in [3.8, 4) is 0 Å². The van der Waals surface area contributed by atoms with Crippen molar-refractivity contribution in [2.75, 3.05) is 13.2 Å². The molecule has 0 aliphatic carbocycles. The largest absolute Gasteiger partial charge is 0.417 e. The minimum Gasteiger partial charge on any atom is -0.417 e. The van der Waals surface area contributed by atoms with Crippen LogP contribution in [0.1, 0.15) is 38.7 Å². The van der Waals surface area contributed by atoms with Crippen molar-refractivity contribution in [1.82, 2.24) is 0 Å². The van der Waals surface area contributed by atoms with E-state index >= 15 is 0 Å². The summed E-state index contributed by atoms with van der Waals surface area (Å²) in [7, 11) is -1.67. The Morgan fingerprint density at radius 3 is 2.30 bits per heavy atom. The number of fused-ring (bicyclic) bond motifs is 1. The molecule has 0 aromatic heterocycles. The fourth-order valence-electron chi connectivity index (χ4n) is 2.56. The maximum Gasteiger partial charge on any atom is 0.191 e. The first-order valence-corrected chi connectivity index (χ1v) is 11.5. The molecule has 0 saturated carbocycles. The topological polar surface area (TPSA) is 35.2 Å². The summed E-state index contributed by atoms with van der Waals surface area (Å²) in [5.41, 5.74) is 7.36. The second-order valence-corrected chi connectivity index (χ2v) is 12.7. The maximum atomic E-state index is 6.32. The van der Waals surface area contributed by atoms with Gasteiger partial charge in [-0.25, -0.2) is 0 Å². The van der Waals surface area contributed by atoms with Gasteiger partial charge in [0.25, 0.3) is 0 Å². The van der Waals surface area contributed by atoms with Gasteiger partial charge in [0.15, 0.2) is 8.32 Å². The van der Waals surface area contributed by atoms with Gasteiger partial charge in [-0.15, -0.1) is 0 Å². The Morgan fingerprint density at radius 2 is 1.70 bits per heavy atom. The molecule has 0 radical (unpaired) electrons. The molecular formula is C20H31NOSi. The molecule has 0 spiro atoms. The van der Waals surface area contributed by atoms with Gasteiger partial charge in [0.05, 0.1) is 0 Å². The Labute approximate surface area is 142 Å². The summed E-state index contributed by atoms with van der Waals surface area (Å²) in [6.07, 6.45) is 0.987. The number of benzene rings is 2. The predicted octanol–water partition coefficient (Wildman–Crippen LogP) is 5.29. The fraction of sp³-hybridized carbons (Fsp3) is 0.500. The molecule has 2 nitrogen and oxygen atoms in total. The molecule has 1 atom stereocenters. The molecule has 0 amide bonds. The molecule has 0 fully saturated rings. The monoisotopic (exact) mass is 329 g/mol. The van der Waals surface area contributed by atoms with E-state index < -0.39 is 8.32 Å². The number of nitrogens with two attached hydrogens (primary N) is 1. The lowest BCUT2D eigenvalue weighted by molar-refractivity contribution is 0.272. The average Bonchev–Trinajstić information content (AvgIpc) is 2.50. The summed E-state index contributed by atoms with van der Waals surface area (Å²) in [6.45, 7) is 12.9. The molecule has 126 valence electrons. The van der Waals surface area contributed by atoms with Crippen molar-refractivity contribution in [2.24, 2.45) is 5.73 Å². The van der Waals surface area contributed by atoms with Crippen LogP contribution in [0.25, 0.3) is 10.8 Å². The first kappa shape index (κ1) is 18.2. The molecule has 23 heavy (non-hydrogen) atoms. The van der Waals surface area contributed by atoms with Crippen molar-refractivity contribution >= 4 is 19.1 Å². The molecule has 0 aliphatic heterocycles. The molecule has 0 aliphatic rings. The van der Waals surface area contributed by atoms with Gasteiger partial charge in [-0.05, 0) is 53.4 Å². The summed E-state index contributed by atoms with van der Waals surface area (Å²) < 4.78 is 6.32. The Hall–Kier alpha value is -1.16. The van der Waals surface area contributed by atoms with E-state index in [-0.39, 0.29) is 5.04 Å². The summed E-state index contributed by atoms with van der Waals surface area (Å²) in [5, 5.41) is 2.83. The van der Waals surface area contributed by atoms with Gasteiger partial charge < -0.3 is 10.2 Å². The summed E-state index contributed by atoms with van der Waals surface area (Å²) in [4.78, 5) is 0. The summed E-state index contributed by atoms with van der Waals surface area (Å²) in [6, 6.07) is 15.2. The van der Waals surface area contributed by atoms with E-state index in [9.17, 15) is 0 Å². The molecule has 2 rings (SSSR count). The van der Waals surface area contributed by atoms with Crippen LogP contribution in [0.3, 0.4) is 0 Å². The molecular weight excluding hydrogens is 298 g/mol. The zero-order valence-corrected chi connectivity index (χ0v) is 16.2. The first-order chi connectivity index (χ1) is 10.7. The van der Waals surface area contributed by atoms with Crippen LogP contribution in [0.4, 0.5) is 0 Å². The van der Waals surface area contributed by atoms with Crippen LogP contribution < -0.4 is 5.73 Å². The van der Waals surface area contributed by atoms with Crippen molar-refractivity contribution in [1.29, 1.82) is 0 Å². The quantitative estimate of drug-likeness (QED) is 0.730. The van der Waals surface area contributed by atoms with Crippen LogP contribution in [-0.2, 0) is 4.43 Å². The Morgan fingerprint density at radius 1 is 1.04 bits per heavy atom. The van der Waals surface area contributed by atoms with Gasteiger partial charge in [-0.3, -0.25) is 0 Å². The maximum absolute atomic E-state index is 6.32. The molecule has 0 heterocycles. The van der Waals surface area contributed by atoms with Gasteiger partial charge in [0.2, 0.25) is 0 Å². The smallest absolute Gasteiger partial charge is 0.191 e. The molecule has 2 aromatic carbocycles. The van der Waals surface area contributed by atoms with E-state index in [2.05, 4.69) is 76.3 Å². The predicted molar refractivity (Wildman–Crippen MR) is 104 cm³/mol. The second kappa shape index (κ2) is 7.16. The van der Waals surface area contributed by atoms with E-state index in [1.165, 1.54) is 16.3 Å². The minimum atomic E-state index is -1.67. The summed E-state index contributed by atoms with van der Waals surface area (Å²) in [5.74, 6) is 0.365. The lowest BCUT2D eigenvalue weighted by Gasteiger charge is -2.36. The number of hydrogen-bond acceptors (Lipinski definition) is 2. The van der Waals surface area contributed by atoms with Crippen LogP contribution in [0.15, 0.2) is 42.5 Å². The van der Waals surface area contributed by atoms with E-state index in [1.807, 2.05) is 0 Å². The highest BCUT2D eigenvalue weighted by atomic mass is 28.4. The van der Waals surface area contributed by atoms with Gasteiger partial charge in [-0.1, -0.05) is 63.2 Å². The van der Waals surface area contributed by atoms with Crippen molar-refractivity contribution in [3.63, 3.8) is 0 Å². The van der Waals surface area contributed by atoms with Crippen LogP contribution in [-0.4, -0.2) is 21.5 Å². The molecule has 1 unspecified atom stereocenters. The lowest BCUT2D eigenvalue weighted by Crippen LogP contribution is -2.41. The standard InChI is InChI=1S/C20H31NOSi/c1-20(2,3)23(4,5)22-13-12-19(15-21)18-11-10-16-8-6-7-9-17(16)14-18/h6-11,14,19H,12-13,15,21H2,1-5H3. The highest BCUT2D eigenvalue weighted by Crippen LogP contribution is 2.37. The van der Waals surface area contributed by atoms with Crippen LogP contribution in [0.5, 0.6) is 0 Å². The summed E-state index contributed by atoms with van der Waals surface area (Å²) >= 11 is 0. The lowest BCUT2D eigenvalue weighted by atomic mass is 9.94. The minimum absolute atomic E-state index is 0.258. The zero-order chi connectivity index (χ0) is 17.1. The SMILES string of the molecule is CC(C)(C)[Si](C)(C)OCCC(CN)c1ccc2ccccc2c1. The highest BCUT2D eigenvalue weighted by molar-refractivity contribution is 6.74. The number of rotatable bonds is 6. The van der Waals surface area contributed by atoms with Gasteiger partial charge in [0.1, 0.15) is 0 Å². The molecule has 0 saturated heterocycles. The average molecular weight is 330 g/mol. The second-order valence-electron chi connectivity index (χ2n) is 7.94. The normalized spacial score (nSPS) is 14.2. The van der Waals surface area contributed by atoms with Gasteiger partial charge in [0, 0.05) is 6.61 Å². The van der Waals surface area contributed by atoms with Gasteiger partial charge in [-0.2, -0.15) is 0 Å². The van der Waals surface area contributed by atoms with Crippen molar-refractivity contribution in [2.45, 2.75) is 51.2 Å². The zero-order valence-electron chi connectivity index (χ0n) is 15.2. The third kappa shape index (κ3) is 4.43. The van der Waals surface area contributed by atoms with Crippen LogP contribution in [0.2, 0.25) is 18.1 Å². The Balaban J connectivity index is 2.04. The Bertz CT molecular complexity index is 645. The van der Waals surface area contributed by atoms with E-state index in [0.717, 1.165) is 13.0 Å². The van der Waals surface area contributed by atoms with Crippen molar-refractivity contribution < 1.29 is 4.43 Å². The third-order valence-corrected chi connectivity index (χ3v) is 9.80. The van der Waals surface area contributed by atoms with Gasteiger partial charge >= 0.3 is 0 Å². The van der Waals surface area contributed by atoms with Crippen LogP contribution in [0, 0.1) is 0 Å². The first-order valence-electron chi connectivity index (χ1n) is 8.57. The van der Waals surface area contributed by atoms with E-state index in [4.69, 9.17) is 10.2 Å². The third-order valence-electron chi connectivity index (χ3n) is 5.26. The van der Waals surface area contributed by atoms with Crippen molar-refractivity contribution in [3.05, 3.63) is 48.0 Å². The Kier molecular flexibility index (Phi) is 5.66. The molecule has 0 bridgehead atoms. The highest BCUT2D eigenvalue weighted by Gasteiger charge is 2.37. The van der Waals surface area contributed by atoms with E-state index in [0.29, 0.717) is 12.5 Å². The van der Waals surface area contributed by atoms with E-state index in [1.54, 1.807) is 0 Å². The molecule has 3 heteroatoms. The van der Waals surface area contributed by atoms with Crippen LogP contribution >= 0.6 is 0 Å². The fourth-order valence-corrected chi connectivity index (χ4v) is 3.62.